The van der Waals surface area contributed by atoms with Gasteiger partial charge in [0.2, 0.25) is 25.0 Å². The number of Topliss-reactive ketones (excluding diaryl/α,β-unsaturated/α-hetero) is 3. The van der Waals surface area contributed by atoms with Crippen molar-refractivity contribution in [1.82, 2.24) is 29.8 Å². The van der Waals surface area contributed by atoms with Crippen LogP contribution in [0.15, 0.2) is 184 Å². The Morgan fingerprint density at radius 2 is 0.717 bits per heavy atom. The first-order chi connectivity index (χ1) is 49.4. The minimum Gasteiger partial charge on any atom is -0.543 e. The molecule has 3 heterocycles. The molecule has 13 nitrogen and oxygen atoms in total. The highest BCUT2D eigenvalue weighted by Gasteiger charge is 2.43. The fraction of sp³-hybridized carbons (Fsp3) is 0.500. The van der Waals surface area contributed by atoms with Crippen LogP contribution in [0, 0.1) is 0 Å². The molecule has 1 unspecified atom stereocenters. The van der Waals surface area contributed by atoms with Crippen molar-refractivity contribution in [2.24, 2.45) is 0 Å². The molecule has 0 aliphatic carbocycles. The Morgan fingerprint density at radius 1 is 0.425 bits per heavy atom. The fourth-order valence-corrected chi connectivity index (χ4v) is 16.2. The highest BCUT2D eigenvalue weighted by molar-refractivity contribution is 6.75. The Hall–Kier alpha value is -6.68. The number of piperazine rings is 3. The molecular formula is C90H134N6O7Si3. The lowest BCUT2D eigenvalue weighted by molar-refractivity contribution is 0.0306. The van der Waals surface area contributed by atoms with E-state index in [0.717, 1.165) is 98.4 Å². The van der Waals surface area contributed by atoms with Crippen LogP contribution in [0.25, 0.3) is 0 Å². The minimum absolute atomic E-state index is 0.0193. The molecule has 578 valence electrons. The maximum atomic E-state index is 11.9. The van der Waals surface area contributed by atoms with E-state index < -0.39 is 31.1 Å². The second kappa shape index (κ2) is 38.1. The summed E-state index contributed by atoms with van der Waals surface area (Å²) in [5.41, 5.74) is 8.55. The number of carbonyl (C=O) groups excluding carboxylic acids is 3. The topological polar surface area (TPSA) is 127 Å². The van der Waals surface area contributed by atoms with E-state index in [0.29, 0.717) is 41.8 Å². The second-order valence-corrected chi connectivity index (χ2v) is 48.9. The Labute approximate surface area is 644 Å². The van der Waals surface area contributed by atoms with Crippen LogP contribution in [0.4, 0.5) is 0 Å². The smallest absolute Gasteiger partial charge is 0.250 e. The van der Waals surface area contributed by atoms with E-state index in [2.05, 4.69) is 265 Å². The third-order valence-electron chi connectivity index (χ3n) is 22.9. The quantitative estimate of drug-likeness (QED) is 0.0359. The zero-order chi connectivity index (χ0) is 79.0. The Morgan fingerprint density at radius 3 is 1.02 bits per heavy atom. The molecule has 0 radical (unpaired) electrons. The predicted octanol–water partition coefficient (Wildman–Crippen LogP) is 20.1. The molecule has 0 spiro atoms. The first-order valence-electron chi connectivity index (χ1n) is 38.6. The van der Waals surface area contributed by atoms with Crippen LogP contribution in [0.5, 0.6) is 17.2 Å². The van der Waals surface area contributed by atoms with E-state index in [1.807, 2.05) is 66.8 Å². The minimum atomic E-state index is -1.95. The summed E-state index contributed by atoms with van der Waals surface area (Å²) in [7, 11) is -5.83. The van der Waals surface area contributed by atoms with Gasteiger partial charge in [0.15, 0.2) is 17.3 Å². The van der Waals surface area contributed by atoms with Crippen LogP contribution in [0.2, 0.25) is 54.4 Å². The van der Waals surface area contributed by atoms with Gasteiger partial charge in [0.25, 0.3) is 0 Å². The Kier molecular flexibility index (Phi) is 31.7. The van der Waals surface area contributed by atoms with Crippen LogP contribution in [0.3, 0.4) is 0 Å². The number of nitrogens with zero attached hydrogens (tertiary/aromatic N) is 5. The average molecular weight is 1500 g/mol. The molecule has 0 amide bonds. The van der Waals surface area contributed by atoms with Crippen LogP contribution in [0.1, 0.15) is 207 Å². The second-order valence-electron chi connectivity index (χ2n) is 34.7. The number of aliphatic hydroxyl groups is 1. The van der Waals surface area contributed by atoms with Gasteiger partial charge in [-0.25, -0.2) is 0 Å². The highest BCUT2D eigenvalue weighted by atomic mass is 28.4. The summed E-state index contributed by atoms with van der Waals surface area (Å²) in [5, 5.41) is 14.5. The Balaban J connectivity index is 0.000000235. The molecule has 9 atom stereocenters. The molecule has 2 N–H and O–H groups in total. The van der Waals surface area contributed by atoms with Crippen LogP contribution < -0.4 is 18.6 Å². The number of benzene rings is 6. The van der Waals surface area contributed by atoms with Gasteiger partial charge in [0.1, 0.15) is 23.4 Å². The summed E-state index contributed by atoms with van der Waals surface area (Å²) in [5.74, 6) is 2.90. The number of rotatable bonds is 23. The molecule has 0 saturated carbocycles. The molecule has 0 aromatic heterocycles. The number of carbonyl (C=O) groups is 3. The lowest BCUT2D eigenvalue weighted by atomic mass is 9.92. The van der Waals surface area contributed by atoms with E-state index in [-0.39, 0.29) is 44.5 Å². The number of nitrogens with one attached hydrogen (secondary N) is 1. The normalized spacial score (nSPS) is 20.5. The van der Waals surface area contributed by atoms with Crippen LogP contribution in [-0.4, -0.2) is 167 Å². The van der Waals surface area contributed by atoms with Crippen molar-refractivity contribution in [3.05, 3.63) is 234 Å². The molecule has 9 rings (SSSR count). The van der Waals surface area contributed by atoms with E-state index in [4.69, 9.17) is 13.3 Å². The SMILES string of the molecule is C=CCN1C[C@H](C)N([C@@H](c2ccc(C(C)=O)cc2)c2cccc(O[Si](C)(C)C(C)(C)C)c2)C[C@H]1C.C=CCN1C[C@H](C)N([C@H](c2ccc(C(C)=O)cc2)c2cccc(O[Si](C)(C)C(C)(C)C)c2)C[C@H]1C.C=CCN1C[C@H](C)NC[C@H]1C.CC(=O)c1ccc(C(O)c2cccc(O[Si](C)(C)C(C)(C)C)c2)cc1. The third-order valence-corrected chi connectivity index (χ3v) is 36.0. The van der Waals surface area contributed by atoms with E-state index >= 15 is 0 Å². The van der Waals surface area contributed by atoms with Gasteiger partial charge in [-0.15, -0.1) is 19.7 Å². The van der Waals surface area contributed by atoms with Crippen molar-refractivity contribution in [2.75, 3.05) is 58.9 Å². The molecular weight excluding hydrogens is 1360 g/mol. The highest BCUT2D eigenvalue weighted by Crippen LogP contribution is 2.43. The molecule has 3 fully saturated rings. The summed E-state index contributed by atoms with van der Waals surface area (Å²) in [6.07, 6.45) is 5.23. The molecule has 6 aromatic carbocycles. The lowest BCUT2D eigenvalue weighted by Gasteiger charge is -2.47. The molecule has 6 aromatic rings. The van der Waals surface area contributed by atoms with Crippen molar-refractivity contribution in [3.63, 3.8) is 0 Å². The van der Waals surface area contributed by atoms with Gasteiger partial charge < -0.3 is 23.7 Å². The Bertz CT molecular complexity index is 3670. The van der Waals surface area contributed by atoms with Crippen molar-refractivity contribution in [2.45, 2.75) is 233 Å². The largest absolute Gasteiger partial charge is 0.543 e. The van der Waals surface area contributed by atoms with Crippen LogP contribution in [-0.2, 0) is 0 Å². The van der Waals surface area contributed by atoms with Crippen LogP contribution >= 0.6 is 0 Å². The summed E-state index contributed by atoms with van der Waals surface area (Å²) in [6, 6.07) is 51.4. The number of ketones is 3. The van der Waals surface area contributed by atoms with E-state index in [9.17, 15) is 19.5 Å². The van der Waals surface area contributed by atoms with Gasteiger partial charge in [-0.3, -0.25) is 38.9 Å². The molecule has 3 aliphatic rings. The first-order valence-corrected chi connectivity index (χ1v) is 47.3. The molecule has 16 heteroatoms. The summed E-state index contributed by atoms with van der Waals surface area (Å²) in [6.45, 7) is 73.0. The van der Waals surface area contributed by atoms with Crippen molar-refractivity contribution in [3.8, 4) is 17.2 Å². The van der Waals surface area contributed by atoms with E-state index in [1.54, 1.807) is 38.1 Å². The maximum Gasteiger partial charge on any atom is 0.250 e. The van der Waals surface area contributed by atoms with Gasteiger partial charge >= 0.3 is 0 Å². The standard InChI is InChI=1S/2C30H44N2O2Si.C21H28O3Si.C9H18N2/c2*1-10-18-31-20-23(3)32(21-22(31)2)29(26-16-14-25(15-17-26)24(4)33)27-12-11-13-28(19-27)34-35(8,9)30(5,6)7;1-15(22)16-10-12-17(13-11-16)20(23)18-8-7-9-19(14-18)24-25(5,6)21(2,3)4;1-4-5-11-7-8(2)10-6-9(11)3/h2*10-17,19,22-23,29H,1,18,20-21H2,2-9H3;7-14,20,23H,1-6H3;4,8-10H,1,5-7H2,2-3H3/t22-,23+,29+;22-,23+,29-;;8-,9+/m11.0/s1. The average Bonchev–Trinajstić information content (AvgIpc) is 0.785. The number of hydrogen-bond acceptors (Lipinski definition) is 13. The lowest BCUT2D eigenvalue weighted by Crippen LogP contribution is -2.57. The number of hydrogen-bond donors (Lipinski definition) is 2. The maximum absolute atomic E-state index is 11.9. The molecule has 0 bridgehead atoms. The van der Waals surface area contributed by atoms with Crippen molar-refractivity contribution >= 4 is 42.3 Å². The summed E-state index contributed by atoms with van der Waals surface area (Å²) in [4.78, 5) is 47.9. The predicted molar refractivity (Wildman–Crippen MR) is 453 cm³/mol. The van der Waals surface area contributed by atoms with Gasteiger partial charge in [0, 0.05) is 112 Å². The monoisotopic (exact) mass is 1490 g/mol. The van der Waals surface area contributed by atoms with Crippen molar-refractivity contribution < 1.29 is 32.8 Å². The van der Waals surface area contributed by atoms with Gasteiger partial charge in [0.05, 0.1) is 12.1 Å². The van der Waals surface area contributed by atoms with Gasteiger partial charge in [-0.05, 0) is 186 Å². The van der Waals surface area contributed by atoms with Gasteiger partial charge in [-0.2, -0.15) is 0 Å². The fourth-order valence-electron chi connectivity index (χ4n) is 13.2. The molecule has 106 heavy (non-hydrogen) atoms. The molecule has 3 saturated heterocycles. The summed E-state index contributed by atoms with van der Waals surface area (Å²) < 4.78 is 19.7. The zero-order valence-electron chi connectivity index (χ0n) is 69.4. The van der Waals surface area contributed by atoms with Crippen molar-refractivity contribution in [1.29, 1.82) is 0 Å². The molecule has 3 aliphatic heterocycles. The first kappa shape index (κ1) is 88.2. The van der Waals surface area contributed by atoms with Gasteiger partial charge in [-0.1, -0.05) is 190 Å². The number of aliphatic hydroxyl groups excluding tert-OH is 1. The van der Waals surface area contributed by atoms with E-state index in [1.165, 1.54) is 29.2 Å². The third kappa shape index (κ3) is 24.2. The zero-order valence-corrected chi connectivity index (χ0v) is 72.4. The summed E-state index contributed by atoms with van der Waals surface area (Å²) >= 11 is 0.